The van der Waals surface area contributed by atoms with E-state index in [0.717, 1.165) is 25.9 Å². The highest BCUT2D eigenvalue weighted by atomic mass is 16.1. The largest absolute Gasteiger partial charge is 0.355 e. The molecular weight excluding hydrogens is 176 g/mol. The van der Waals surface area contributed by atoms with Crippen LogP contribution in [0.5, 0.6) is 0 Å². The summed E-state index contributed by atoms with van der Waals surface area (Å²) in [6, 6.07) is 0. The van der Waals surface area contributed by atoms with Gasteiger partial charge in [-0.1, -0.05) is 20.3 Å². The SMILES string of the molecule is CNCC(C)(C)CNC(=O)C1CCC1. The number of nitrogens with one attached hydrogen (secondary N) is 2. The minimum Gasteiger partial charge on any atom is -0.355 e. The molecule has 1 rings (SSSR count). The maximum absolute atomic E-state index is 11.5. The molecule has 1 fully saturated rings. The van der Waals surface area contributed by atoms with Crippen LogP contribution in [0.15, 0.2) is 0 Å². The number of carbonyl (C=O) groups is 1. The first-order valence-corrected chi connectivity index (χ1v) is 5.47. The second kappa shape index (κ2) is 4.78. The summed E-state index contributed by atoms with van der Waals surface area (Å²) < 4.78 is 0. The lowest BCUT2D eigenvalue weighted by molar-refractivity contribution is -0.127. The minimum atomic E-state index is 0.147. The molecule has 0 radical (unpaired) electrons. The van der Waals surface area contributed by atoms with E-state index in [9.17, 15) is 4.79 Å². The Morgan fingerprint density at radius 3 is 2.43 bits per heavy atom. The van der Waals surface area contributed by atoms with Gasteiger partial charge in [0.05, 0.1) is 0 Å². The van der Waals surface area contributed by atoms with Crippen LogP contribution in [0, 0.1) is 11.3 Å². The average Bonchev–Trinajstić information content (AvgIpc) is 1.98. The summed E-state index contributed by atoms with van der Waals surface area (Å²) in [7, 11) is 1.94. The Hall–Kier alpha value is -0.570. The molecule has 1 saturated carbocycles. The van der Waals surface area contributed by atoms with Crippen LogP contribution in [0.3, 0.4) is 0 Å². The second-order valence-corrected chi connectivity index (χ2v) is 5.04. The van der Waals surface area contributed by atoms with Gasteiger partial charge in [-0.2, -0.15) is 0 Å². The Labute approximate surface area is 86.6 Å². The van der Waals surface area contributed by atoms with E-state index >= 15 is 0 Å². The zero-order chi connectivity index (χ0) is 10.6. The number of hydrogen-bond acceptors (Lipinski definition) is 2. The molecule has 1 aliphatic rings. The summed E-state index contributed by atoms with van der Waals surface area (Å²) in [6.45, 7) is 6.01. The molecule has 1 aliphatic carbocycles. The van der Waals surface area contributed by atoms with E-state index in [4.69, 9.17) is 0 Å². The van der Waals surface area contributed by atoms with Gasteiger partial charge in [0.15, 0.2) is 0 Å². The van der Waals surface area contributed by atoms with Crippen LogP contribution in [0.1, 0.15) is 33.1 Å². The number of amides is 1. The predicted octanol–water partition coefficient (Wildman–Crippen LogP) is 1.15. The minimum absolute atomic E-state index is 0.147. The van der Waals surface area contributed by atoms with Crippen LogP contribution < -0.4 is 10.6 Å². The Morgan fingerprint density at radius 1 is 1.36 bits per heavy atom. The maximum atomic E-state index is 11.5. The van der Waals surface area contributed by atoms with E-state index < -0.39 is 0 Å². The van der Waals surface area contributed by atoms with Gasteiger partial charge in [-0.3, -0.25) is 4.79 Å². The fraction of sp³-hybridized carbons (Fsp3) is 0.909. The average molecular weight is 198 g/mol. The van der Waals surface area contributed by atoms with Crippen molar-refractivity contribution in [1.82, 2.24) is 10.6 Å². The molecule has 0 aliphatic heterocycles. The Balaban J connectivity index is 2.21. The third-order valence-electron chi connectivity index (χ3n) is 2.87. The van der Waals surface area contributed by atoms with Crippen molar-refractivity contribution in [2.24, 2.45) is 11.3 Å². The van der Waals surface area contributed by atoms with Crippen molar-refractivity contribution in [3.63, 3.8) is 0 Å². The topological polar surface area (TPSA) is 41.1 Å². The molecule has 0 atom stereocenters. The van der Waals surface area contributed by atoms with Crippen LogP contribution in [-0.4, -0.2) is 26.0 Å². The normalized spacial score (nSPS) is 17.6. The van der Waals surface area contributed by atoms with Gasteiger partial charge in [-0.05, 0) is 25.3 Å². The molecule has 0 bridgehead atoms. The van der Waals surface area contributed by atoms with Gasteiger partial charge in [0.25, 0.3) is 0 Å². The van der Waals surface area contributed by atoms with Crippen molar-refractivity contribution in [2.45, 2.75) is 33.1 Å². The molecule has 0 aromatic carbocycles. The molecule has 0 aromatic rings. The fourth-order valence-corrected chi connectivity index (χ4v) is 1.68. The van der Waals surface area contributed by atoms with Gasteiger partial charge < -0.3 is 10.6 Å². The molecule has 0 spiro atoms. The van der Waals surface area contributed by atoms with Crippen LogP contribution in [-0.2, 0) is 4.79 Å². The number of hydrogen-bond donors (Lipinski definition) is 2. The first kappa shape index (κ1) is 11.5. The molecule has 2 N–H and O–H groups in total. The first-order chi connectivity index (χ1) is 6.55. The van der Waals surface area contributed by atoms with E-state index in [2.05, 4.69) is 24.5 Å². The van der Waals surface area contributed by atoms with Crippen molar-refractivity contribution < 1.29 is 4.79 Å². The number of carbonyl (C=O) groups excluding carboxylic acids is 1. The fourth-order valence-electron chi connectivity index (χ4n) is 1.68. The molecule has 0 unspecified atom stereocenters. The Morgan fingerprint density at radius 2 is 2.00 bits per heavy atom. The first-order valence-electron chi connectivity index (χ1n) is 5.47. The molecule has 3 heteroatoms. The highest BCUT2D eigenvalue weighted by molar-refractivity contribution is 5.79. The molecule has 0 aromatic heterocycles. The van der Waals surface area contributed by atoms with Gasteiger partial charge in [0.2, 0.25) is 5.91 Å². The van der Waals surface area contributed by atoms with Crippen LogP contribution in [0.25, 0.3) is 0 Å². The molecular formula is C11H22N2O. The van der Waals surface area contributed by atoms with E-state index in [1.807, 2.05) is 7.05 Å². The third kappa shape index (κ3) is 3.29. The molecule has 0 heterocycles. The van der Waals surface area contributed by atoms with Crippen molar-refractivity contribution in [3.8, 4) is 0 Å². The Bertz CT molecular complexity index is 197. The van der Waals surface area contributed by atoms with E-state index in [1.54, 1.807) is 0 Å². The lowest BCUT2D eigenvalue weighted by Gasteiger charge is -2.28. The molecule has 14 heavy (non-hydrogen) atoms. The van der Waals surface area contributed by atoms with Gasteiger partial charge in [0, 0.05) is 19.0 Å². The van der Waals surface area contributed by atoms with Crippen LogP contribution in [0.4, 0.5) is 0 Å². The van der Waals surface area contributed by atoms with E-state index in [1.165, 1.54) is 6.42 Å². The summed E-state index contributed by atoms with van der Waals surface area (Å²) >= 11 is 0. The molecule has 1 amide bonds. The smallest absolute Gasteiger partial charge is 0.223 e. The summed E-state index contributed by atoms with van der Waals surface area (Å²) in [5, 5.41) is 6.17. The van der Waals surface area contributed by atoms with Crippen molar-refractivity contribution in [3.05, 3.63) is 0 Å². The molecule has 0 saturated heterocycles. The van der Waals surface area contributed by atoms with Gasteiger partial charge in [0.1, 0.15) is 0 Å². The summed E-state index contributed by atoms with van der Waals surface area (Å²) in [4.78, 5) is 11.5. The molecule has 3 nitrogen and oxygen atoms in total. The summed E-state index contributed by atoms with van der Waals surface area (Å²) in [5.74, 6) is 0.556. The van der Waals surface area contributed by atoms with Gasteiger partial charge >= 0.3 is 0 Å². The zero-order valence-corrected chi connectivity index (χ0v) is 9.52. The Kier molecular flexibility index (Phi) is 3.93. The molecule has 82 valence electrons. The lowest BCUT2D eigenvalue weighted by atomic mass is 9.84. The third-order valence-corrected chi connectivity index (χ3v) is 2.87. The second-order valence-electron chi connectivity index (χ2n) is 5.04. The van der Waals surface area contributed by atoms with Crippen molar-refractivity contribution >= 4 is 5.91 Å². The monoisotopic (exact) mass is 198 g/mol. The lowest BCUT2D eigenvalue weighted by Crippen LogP contribution is -2.42. The highest BCUT2D eigenvalue weighted by Gasteiger charge is 2.26. The van der Waals surface area contributed by atoms with Crippen molar-refractivity contribution in [2.75, 3.05) is 20.1 Å². The highest BCUT2D eigenvalue weighted by Crippen LogP contribution is 2.26. The maximum Gasteiger partial charge on any atom is 0.223 e. The number of rotatable bonds is 5. The van der Waals surface area contributed by atoms with Crippen LogP contribution >= 0.6 is 0 Å². The van der Waals surface area contributed by atoms with Crippen LogP contribution in [0.2, 0.25) is 0 Å². The quantitative estimate of drug-likeness (QED) is 0.696. The van der Waals surface area contributed by atoms with Gasteiger partial charge in [-0.25, -0.2) is 0 Å². The van der Waals surface area contributed by atoms with E-state index in [0.29, 0.717) is 5.92 Å². The summed E-state index contributed by atoms with van der Waals surface area (Å²) in [5.41, 5.74) is 0.147. The van der Waals surface area contributed by atoms with Crippen molar-refractivity contribution in [1.29, 1.82) is 0 Å². The van der Waals surface area contributed by atoms with E-state index in [-0.39, 0.29) is 11.3 Å². The zero-order valence-electron chi connectivity index (χ0n) is 9.52. The standard InChI is InChI=1S/C11H22N2O/c1-11(2,7-12-3)8-13-10(14)9-5-4-6-9/h9,12H,4-8H2,1-3H3,(H,13,14). The summed E-state index contributed by atoms with van der Waals surface area (Å²) in [6.07, 6.45) is 3.38. The predicted molar refractivity (Wildman–Crippen MR) is 58.1 cm³/mol. The van der Waals surface area contributed by atoms with Gasteiger partial charge in [-0.15, -0.1) is 0 Å².